The molecule has 0 saturated carbocycles. The number of hydrogen-bond acceptors (Lipinski definition) is 3. The molecule has 1 aromatic carbocycles. The molecule has 0 aliphatic heterocycles. The standard InChI is InChI=1S/C13H6BrFN4/c14-10-3-1-2-9(12(10)15)13-18-17-11-5-4-8(6-16)7-19(11)13/h1-5,7H. The lowest BCUT2D eigenvalue weighted by molar-refractivity contribution is 0.623. The third kappa shape index (κ3) is 1.88. The van der Waals surface area contributed by atoms with Gasteiger partial charge in [0.05, 0.1) is 15.6 Å². The summed E-state index contributed by atoms with van der Waals surface area (Å²) < 4.78 is 16.0. The van der Waals surface area contributed by atoms with Crippen LogP contribution in [0.3, 0.4) is 0 Å². The van der Waals surface area contributed by atoms with Gasteiger partial charge in [-0.2, -0.15) is 5.26 Å². The molecule has 3 rings (SSSR count). The van der Waals surface area contributed by atoms with Crippen LogP contribution >= 0.6 is 15.9 Å². The van der Waals surface area contributed by atoms with Crippen LogP contribution in [0.5, 0.6) is 0 Å². The Hall–Kier alpha value is -2.26. The van der Waals surface area contributed by atoms with Gasteiger partial charge < -0.3 is 0 Å². The highest BCUT2D eigenvalue weighted by Gasteiger charge is 2.14. The van der Waals surface area contributed by atoms with Crippen LogP contribution in [0.4, 0.5) is 4.39 Å². The van der Waals surface area contributed by atoms with Gasteiger partial charge in [-0.05, 0) is 40.2 Å². The molecule has 2 heterocycles. The minimum absolute atomic E-state index is 0.331. The van der Waals surface area contributed by atoms with Crippen molar-refractivity contribution in [1.29, 1.82) is 5.26 Å². The maximum absolute atomic E-state index is 14.1. The Morgan fingerprint density at radius 1 is 1.21 bits per heavy atom. The average molecular weight is 317 g/mol. The summed E-state index contributed by atoms with van der Waals surface area (Å²) >= 11 is 3.14. The van der Waals surface area contributed by atoms with Crippen molar-refractivity contribution >= 4 is 21.6 Å². The number of benzene rings is 1. The lowest BCUT2D eigenvalue weighted by Crippen LogP contribution is -1.93. The summed E-state index contributed by atoms with van der Waals surface area (Å²) in [7, 11) is 0. The predicted molar refractivity (Wildman–Crippen MR) is 70.8 cm³/mol. The Labute approximate surface area is 116 Å². The van der Waals surface area contributed by atoms with E-state index in [1.54, 1.807) is 40.9 Å². The number of rotatable bonds is 1. The molecule has 0 spiro atoms. The van der Waals surface area contributed by atoms with Crippen LogP contribution in [-0.4, -0.2) is 14.6 Å². The number of pyridine rings is 1. The summed E-state index contributed by atoms with van der Waals surface area (Å²) in [6, 6.07) is 10.3. The summed E-state index contributed by atoms with van der Waals surface area (Å²) in [4.78, 5) is 0. The minimum Gasteiger partial charge on any atom is -0.281 e. The highest BCUT2D eigenvalue weighted by molar-refractivity contribution is 9.10. The summed E-state index contributed by atoms with van der Waals surface area (Å²) in [6.45, 7) is 0. The molecule has 0 N–H and O–H groups in total. The first kappa shape index (κ1) is 11.8. The first-order valence-electron chi connectivity index (χ1n) is 5.40. The number of hydrogen-bond donors (Lipinski definition) is 0. The van der Waals surface area contributed by atoms with Crippen molar-refractivity contribution in [2.24, 2.45) is 0 Å². The number of fused-ring (bicyclic) bond motifs is 1. The molecule has 0 radical (unpaired) electrons. The molecule has 6 heteroatoms. The van der Waals surface area contributed by atoms with Gasteiger partial charge in [0.2, 0.25) is 0 Å². The van der Waals surface area contributed by atoms with Crippen molar-refractivity contribution in [2.75, 3.05) is 0 Å². The van der Waals surface area contributed by atoms with Gasteiger partial charge in [-0.15, -0.1) is 10.2 Å². The van der Waals surface area contributed by atoms with Crippen molar-refractivity contribution in [2.45, 2.75) is 0 Å². The Bertz CT molecular complexity index is 819. The molecule has 19 heavy (non-hydrogen) atoms. The van der Waals surface area contributed by atoms with Crippen LogP contribution < -0.4 is 0 Å². The largest absolute Gasteiger partial charge is 0.281 e. The summed E-state index contributed by atoms with van der Waals surface area (Å²) in [5.74, 6) is -0.0370. The van der Waals surface area contributed by atoms with E-state index in [1.807, 2.05) is 6.07 Å². The van der Waals surface area contributed by atoms with Crippen LogP contribution in [0.15, 0.2) is 41.0 Å². The van der Waals surface area contributed by atoms with E-state index in [0.717, 1.165) is 0 Å². The van der Waals surface area contributed by atoms with Crippen LogP contribution in [0.1, 0.15) is 5.56 Å². The molecule has 0 aliphatic rings. The van der Waals surface area contributed by atoms with Crippen molar-refractivity contribution in [3.05, 3.63) is 52.4 Å². The fourth-order valence-electron chi connectivity index (χ4n) is 1.82. The van der Waals surface area contributed by atoms with E-state index in [-0.39, 0.29) is 0 Å². The highest BCUT2D eigenvalue weighted by Crippen LogP contribution is 2.27. The monoisotopic (exact) mass is 316 g/mol. The second kappa shape index (κ2) is 4.44. The van der Waals surface area contributed by atoms with Gasteiger partial charge in [-0.25, -0.2) is 4.39 Å². The number of nitrogens with zero attached hydrogens (tertiary/aromatic N) is 4. The Balaban J connectivity index is 2.31. The van der Waals surface area contributed by atoms with E-state index in [4.69, 9.17) is 5.26 Å². The van der Waals surface area contributed by atoms with Crippen LogP contribution in [-0.2, 0) is 0 Å². The number of halogens is 2. The molecule has 0 atom stereocenters. The maximum atomic E-state index is 14.1. The number of nitriles is 1. The minimum atomic E-state index is -0.404. The molecule has 0 amide bonds. The Morgan fingerprint density at radius 2 is 2.05 bits per heavy atom. The SMILES string of the molecule is N#Cc1ccc2nnc(-c3cccc(Br)c3F)n2c1. The van der Waals surface area contributed by atoms with Crippen LogP contribution in [0.2, 0.25) is 0 Å². The van der Waals surface area contributed by atoms with Crippen molar-refractivity contribution < 1.29 is 4.39 Å². The molecule has 0 aliphatic carbocycles. The first-order valence-corrected chi connectivity index (χ1v) is 6.19. The van der Waals surface area contributed by atoms with E-state index in [9.17, 15) is 4.39 Å². The lowest BCUT2D eigenvalue weighted by Gasteiger charge is -2.03. The van der Waals surface area contributed by atoms with E-state index in [1.165, 1.54) is 0 Å². The van der Waals surface area contributed by atoms with Crippen molar-refractivity contribution in [1.82, 2.24) is 14.6 Å². The molecule has 4 nitrogen and oxygen atoms in total. The maximum Gasteiger partial charge on any atom is 0.171 e. The Kier molecular flexibility index (Phi) is 2.76. The quantitative estimate of drug-likeness (QED) is 0.693. The normalized spacial score (nSPS) is 10.6. The van der Waals surface area contributed by atoms with E-state index in [2.05, 4.69) is 26.1 Å². The van der Waals surface area contributed by atoms with Gasteiger partial charge in [0, 0.05) is 6.20 Å². The molecule has 92 valence electrons. The van der Waals surface area contributed by atoms with Gasteiger partial charge in [0.25, 0.3) is 0 Å². The van der Waals surface area contributed by atoms with Gasteiger partial charge in [0.1, 0.15) is 11.9 Å². The molecular weight excluding hydrogens is 311 g/mol. The van der Waals surface area contributed by atoms with Crippen molar-refractivity contribution in [3.8, 4) is 17.5 Å². The predicted octanol–water partition coefficient (Wildman–Crippen LogP) is 3.17. The third-order valence-electron chi connectivity index (χ3n) is 2.72. The third-order valence-corrected chi connectivity index (χ3v) is 3.34. The van der Waals surface area contributed by atoms with Crippen molar-refractivity contribution in [3.63, 3.8) is 0 Å². The molecule has 2 aromatic heterocycles. The lowest BCUT2D eigenvalue weighted by atomic mass is 10.2. The molecule has 3 aromatic rings. The van der Waals surface area contributed by atoms with E-state index in [0.29, 0.717) is 27.1 Å². The molecule has 0 fully saturated rings. The smallest absolute Gasteiger partial charge is 0.171 e. The summed E-state index contributed by atoms with van der Waals surface area (Å²) in [5.41, 5.74) is 1.36. The van der Waals surface area contributed by atoms with Gasteiger partial charge in [-0.1, -0.05) is 6.07 Å². The molecular formula is C13H6BrFN4. The molecule has 0 unspecified atom stereocenters. The number of aromatic nitrogens is 3. The van der Waals surface area contributed by atoms with Gasteiger partial charge in [-0.3, -0.25) is 4.40 Å². The van der Waals surface area contributed by atoms with Crippen LogP contribution in [0.25, 0.3) is 17.0 Å². The average Bonchev–Trinajstić information content (AvgIpc) is 2.84. The van der Waals surface area contributed by atoms with E-state index >= 15 is 0 Å². The topological polar surface area (TPSA) is 54.0 Å². The summed E-state index contributed by atoms with van der Waals surface area (Å²) in [5, 5.41) is 16.9. The van der Waals surface area contributed by atoms with E-state index < -0.39 is 5.82 Å². The second-order valence-corrected chi connectivity index (χ2v) is 4.74. The molecule has 0 bridgehead atoms. The second-order valence-electron chi connectivity index (χ2n) is 3.88. The summed E-state index contributed by atoms with van der Waals surface area (Å²) in [6.07, 6.45) is 1.59. The highest BCUT2D eigenvalue weighted by atomic mass is 79.9. The first-order chi connectivity index (χ1) is 9.20. The Morgan fingerprint density at radius 3 is 2.84 bits per heavy atom. The van der Waals surface area contributed by atoms with Gasteiger partial charge in [0.15, 0.2) is 11.5 Å². The fraction of sp³-hybridized carbons (Fsp3) is 0. The fourth-order valence-corrected chi connectivity index (χ4v) is 2.18. The van der Waals surface area contributed by atoms with Gasteiger partial charge >= 0.3 is 0 Å². The zero-order chi connectivity index (χ0) is 13.4. The zero-order valence-electron chi connectivity index (χ0n) is 9.51. The zero-order valence-corrected chi connectivity index (χ0v) is 11.1. The molecule has 0 saturated heterocycles. The van der Waals surface area contributed by atoms with Crippen LogP contribution in [0, 0.1) is 17.1 Å².